The van der Waals surface area contributed by atoms with Crippen molar-refractivity contribution in [3.63, 3.8) is 0 Å². The maximum atomic E-state index is 5.38. The summed E-state index contributed by atoms with van der Waals surface area (Å²) in [4.78, 5) is 8.79. The molecule has 1 aromatic heterocycles. The van der Waals surface area contributed by atoms with Crippen LogP contribution in [0.4, 0.5) is 0 Å². The Morgan fingerprint density at radius 1 is 1.24 bits per heavy atom. The van der Waals surface area contributed by atoms with Crippen molar-refractivity contribution in [2.45, 2.75) is 25.3 Å². The molecule has 2 aromatic rings. The van der Waals surface area contributed by atoms with Gasteiger partial charge in [-0.25, -0.2) is 4.98 Å². The van der Waals surface area contributed by atoms with Gasteiger partial charge in [-0.3, -0.25) is 4.98 Å². The summed E-state index contributed by atoms with van der Waals surface area (Å²) in [5.74, 6) is 1.78. The lowest BCUT2D eigenvalue weighted by Gasteiger charge is -2.19. The van der Waals surface area contributed by atoms with Crippen LogP contribution in [0.2, 0.25) is 0 Å². The van der Waals surface area contributed by atoms with E-state index in [-0.39, 0.29) is 6.04 Å². The molecule has 0 aliphatic heterocycles. The van der Waals surface area contributed by atoms with E-state index in [9.17, 15) is 0 Å². The smallest absolute Gasteiger partial charge is 0.237 e. The van der Waals surface area contributed by atoms with Gasteiger partial charge in [0.1, 0.15) is 5.69 Å². The summed E-state index contributed by atoms with van der Waals surface area (Å²) in [5.41, 5.74) is 2.33. The van der Waals surface area contributed by atoms with Crippen molar-refractivity contribution in [2.75, 3.05) is 13.7 Å². The highest BCUT2D eigenvalue weighted by Crippen LogP contribution is 2.54. The van der Waals surface area contributed by atoms with Crippen molar-refractivity contribution in [3.05, 3.63) is 54.0 Å². The molecule has 1 heterocycles. The Hall–Kier alpha value is -1.94. The Morgan fingerprint density at radius 3 is 2.71 bits per heavy atom. The highest BCUT2D eigenvalue weighted by Gasteiger charge is 2.45. The molecule has 0 radical (unpaired) electrons. The van der Waals surface area contributed by atoms with E-state index in [1.165, 1.54) is 12.0 Å². The van der Waals surface area contributed by atoms with Gasteiger partial charge in [0.2, 0.25) is 5.88 Å². The average molecular weight is 283 g/mol. The minimum absolute atomic E-state index is 0.198. The van der Waals surface area contributed by atoms with Gasteiger partial charge in [-0.2, -0.15) is 0 Å². The maximum absolute atomic E-state index is 5.38. The van der Waals surface area contributed by atoms with Gasteiger partial charge in [0, 0.05) is 12.4 Å². The molecule has 0 spiro atoms. The molecule has 1 saturated carbocycles. The minimum Gasteiger partial charge on any atom is -0.480 e. The number of hydrogen-bond acceptors (Lipinski definition) is 4. The van der Waals surface area contributed by atoms with E-state index in [2.05, 4.69) is 52.5 Å². The quantitative estimate of drug-likeness (QED) is 0.885. The summed E-state index contributed by atoms with van der Waals surface area (Å²) in [6, 6.07) is 10.9. The summed E-state index contributed by atoms with van der Waals surface area (Å²) in [6.45, 7) is 3.03. The predicted molar refractivity (Wildman–Crippen MR) is 82.3 cm³/mol. The van der Waals surface area contributed by atoms with Crippen LogP contribution in [-0.4, -0.2) is 23.6 Å². The van der Waals surface area contributed by atoms with E-state index in [0.717, 1.165) is 12.2 Å². The molecule has 21 heavy (non-hydrogen) atoms. The van der Waals surface area contributed by atoms with E-state index in [1.54, 1.807) is 19.5 Å². The first-order valence-electron chi connectivity index (χ1n) is 7.48. The number of nitrogens with zero attached hydrogens (tertiary/aromatic N) is 2. The van der Waals surface area contributed by atoms with E-state index in [4.69, 9.17) is 4.74 Å². The highest BCUT2D eigenvalue weighted by molar-refractivity contribution is 5.31. The minimum atomic E-state index is 0.198. The van der Waals surface area contributed by atoms with Crippen LogP contribution in [0.5, 0.6) is 5.88 Å². The van der Waals surface area contributed by atoms with Crippen molar-refractivity contribution in [1.82, 2.24) is 15.3 Å². The van der Waals surface area contributed by atoms with E-state index >= 15 is 0 Å². The lowest BCUT2D eigenvalue weighted by atomic mass is 10.0. The first kappa shape index (κ1) is 14.0. The van der Waals surface area contributed by atoms with E-state index in [0.29, 0.717) is 17.7 Å². The van der Waals surface area contributed by atoms with Gasteiger partial charge >= 0.3 is 0 Å². The molecule has 110 valence electrons. The number of hydrogen-bond donors (Lipinski definition) is 1. The topological polar surface area (TPSA) is 47.0 Å². The van der Waals surface area contributed by atoms with Crippen molar-refractivity contribution < 1.29 is 4.74 Å². The number of methoxy groups -OCH3 is 1. The van der Waals surface area contributed by atoms with Crippen molar-refractivity contribution in [2.24, 2.45) is 5.92 Å². The molecule has 0 amide bonds. The molecular weight excluding hydrogens is 262 g/mol. The lowest BCUT2D eigenvalue weighted by molar-refractivity contribution is 0.369. The molecule has 0 bridgehead atoms. The largest absolute Gasteiger partial charge is 0.480 e. The summed E-state index contributed by atoms with van der Waals surface area (Å²) in [6.07, 6.45) is 4.59. The third-order valence-corrected chi connectivity index (χ3v) is 4.10. The molecule has 1 aromatic carbocycles. The number of benzene rings is 1. The standard InChI is InChI=1S/C17H21N3O/c1-3-18-15(16-17(21-2)20-10-9-19-16)14-11-13(14)12-7-5-4-6-8-12/h4-10,13-15,18H,3,11H2,1-2H3. The van der Waals surface area contributed by atoms with Gasteiger partial charge in [-0.1, -0.05) is 37.3 Å². The molecule has 1 aliphatic carbocycles. The fourth-order valence-electron chi connectivity index (χ4n) is 3.04. The van der Waals surface area contributed by atoms with E-state index in [1.807, 2.05) is 0 Å². The molecule has 4 nitrogen and oxygen atoms in total. The van der Waals surface area contributed by atoms with Crippen LogP contribution in [0.25, 0.3) is 0 Å². The summed E-state index contributed by atoms with van der Waals surface area (Å²) in [7, 11) is 1.65. The Balaban J connectivity index is 1.83. The zero-order valence-corrected chi connectivity index (χ0v) is 12.5. The second kappa shape index (κ2) is 6.22. The fourth-order valence-corrected chi connectivity index (χ4v) is 3.04. The Kier molecular flexibility index (Phi) is 4.15. The van der Waals surface area contributed by atoms with Crippen molar-refractivity contribution in [1.29, 1.82) is 0 Å². The Bertz CT molecular complexity index is 588. The van der Waals surface area contributed by atoms with E-state index < -0.39 is 0 Å². The third kappa shape index (κ3) is 2.90. The van der Waals surface area contributed by atoms with Crippen LogP contribution < -0.4 is 10.1 Å². The molecule has 1 fully saturated rings. The number of aromatic nitrogens is 2. The molecule has 3 rings (SSSR count). The number of rotatable bonds is 6. The first-order valence-corrected chi connectivity index (χ1v) is 7.48. The summed E-state index contributed by atoms with van der Waals surface area (Å²) >= 11 is 0. The van der Waals surface area contributed by atoms with Crippen LogP contribution in [0.3, 0.4) is 0 Å². The SMILES string of the molecule is CCNC(c1nccnc1OC)C1CC1c1ccccc1. The predicted octanol–water partition coefficient (Wildman–Crippen LogP) is 2.94. The third-order valence-electron chi connectivity index (χ3n) is 4.10. The zero-order chi connectivity index (χ0) is 14.7. The van der Waals surface area contributed by atoms with Crippen LogP contribution in [0, 0.1) is 5.92 Å². The lowest BCUT2D eigenvalue weighted by Crippen LogP contribution is -2.25. The summed E-state index contributed by atoms with van der Waals surface area (Å²) in [5, 5.41) is 3.55. The van der Waals surface area contributed by atoms with Gasteiger partial charge in [0.25, 0.3) is 0 Å². The summed E-state index contributed by atoms with van der Waals surface area (Å²) < 4.78 is 5.38. The number of nitrogens with one attached hydrogen (secondary N) is 1. The van der Waals surface area contributed by atoms with Crippen LogP contribution in [0.1, 0.15) is 36.6 Å². The van der Waals surface area contributed by atoms with Gasteiger partial charge in [0.05, 0.1) is 13.2 Å². The zero-order valence-electron chi connectivity index (χ0n) is 12.5. The molecular formula is C17H21N3O. The van der Waals surface area contributed by atoms with Crippen molar-refractivity contribution in [3.8, 4) is 5.88 Å². The average Bonchev–Trinajstić information content (AvgIpc) is 3.34. The van der Waals surface area contributed by atoms with Crippen molar-refractivity contribution >= 4 is 0 Å². The molecule has 0 saturated heterocycles. The van der Waals surface area contributed by atoms with Gasteiger partial charge < -0.3 is 10.1 Å². The normalized spacial score (nSPS) is 21.8. The van der Waals surface area contributed by atoms with Gasteiger partial charge in [-0.05, 0) is 30.4 Å². The van der Waals surface area contributed by atoms with Crippen LogP contribution in [-0.2, 0) is 0 Å². The monoisotopic (exact) mass is 283 g/mol. The molecule has 3 unspecified atom stereocenters. The second-order valence-electron chi connectivity index (χ2n) is 5.40. The molecule has 1 N–H and O–H groups in total. The van der Waals surface area contributed by atoms with Gasteiger partial charge in [0.15, 0.2) is 0 Å². The van der Waals surface area contributed by atoms with Crippen LogP contribution >= 0.6 is 0 Å². The Morgan fingerprint density at radius 2 is 2.00 bits per heavy atom. The van der Waals surface area contributed by atoms with Crippen LogP contribution in [0.15, 0.2) is 42.7 Å². The highest BCUT2D eigenvalue weighted by atomic mass is 16.5. The first-order chi connectivity index (χ1) is 10.3. The molecule has 3 atom stereocenters. The molecule has 1 aliphatic rings. The molecule has 4 heteroatoms. The number of ether oxygens (including phenoxy) is 1. The van der Waals surface area contributed by atoms with Gasteiger partial charge in [-0.15, -0.1) is 0 Å². The second-order valence-corrected chi connectivity index (χ2v) is 5.40. The maximum Gasteiger partial charge on any atom is 0.237 e. The Labute approximate surface area is 125 Å². The fraction of sp³-hybridized carbons (Fsp3) is 0.412.